The number of unbranched alkanes of at least 4 members (excludes halogenated alkanes) is 7. The van der Waals surface area contributed by atoms with Crippen LogP contribution in [0.25, 0.3) is 0 Å². The van der Waals surface area contributed by atoms with E-state index in [4.69, 9.17) is 10.5 Å². The van der Waals surface area contributed by atoms with Gasteiger partial charge in [0.05, 0.1) is 12.2 Å². The van der Waals surface area contributed by atoms with Gasteiger partial charge in [0, 0.05) is 19.0 Å². The first-order valence-electron chi connectivity index (χ1n) is 11.0. The van der Waals surface area contributed by atoms with Gasteiger partial charge in [0.15, 0.2) is 0 Å². The molecule has 1 heterocycles. The van der Waals surface area contributed by atoms with Gasteiger partial charge in [-0.05, 0) is 45.4 Å². The molecule has 1 aliphatic heterocycles. The minimum atomic E-state index is 0.161. The van der Waals surface area contributed by atoms with Gasteiger partial charge in [-0.15, -0.1) is 0 Å². The Labute approximate surface area is 161 Å². The van der Waals surface area contributed by atoms with E-state index in [1.54, 1.807) is 0 Å². The van der Waals surface area contributed by atoms with Gasteiger partial charge >= 0.3 is 0 Å². The van der Waals surface area contributed by atoms with E-state index < -0.39 is 0 Å². The van der Waals surface area contributed by atoms with E-state index in [0.29, 0.717) is 25.2 Å². The Balaban J connectivity index is 1.80. The van der Waals surface area contributed by atoms with Crippen molar-refractivity contribution in [2.24, 2.45) is 5.73 Å². The van der Waals surface area contributed by atoms with Crippen molar-refractivity contribution < 1.29 is 9.53 Å². The first kappa shape index (κ1) is 23.2. The highest BCUT2D eigenvalue weighted by Crippen LogP contribution is 2.30. The molecule has 1 fully saturated rings. The minimum Gasteiger partial charge on any atom is -0.369 e. The fourth-order valence-corrected chi connectivity index (χ4v) is 3.19. The zero-order chi connectivity index (χ0) is 19.0. The van der Waals surface area contributed by atoms with Crippen molar-refractivity contribution in [3.05, 3.63) is 12.2 Å². The maximum atomic E-state index is 11.6. The molecular weight excluding hydrogens is 324 g/mol. The zero-order valence-electron chi connectivity index (χ0n) is 17.2. The number of nitrogens with one attached hydrogen (secondary N) is 1. The number of hydrogen-bond donors (Lipinski definition) is 2. The quantitative estimate of drug-likeness (QED) is 0.219. The van der Waals surface area contributed by atoms with Gasteiger partial charge in [-0.3, -0.25) is 4.79 Å². The average molecular weight is 367 g/mol. The van der Waals surface area contributed by atoms with Crippen LogP contribution in [0.1, 0.15) is 97.3 Å². The van der Waals surface area contributed by atoms with Crippen LogP contribution in [0.5, 0.6) is 0 Å². The molecule has 1 aliphatic rings. The lowest BCUT2D eigenvalue weighted by molar-refractivity contribution is -0.121. The van der Waals surface area contributed by atoms with Crippen molar-refractivity contribution in [1.82, 2.24) is 5.32 Å². The lowest BCUT2D eigenvalue weighted by atomic mass is 10.1. The summed E-state index contributed by atoms with van der Waals surface area (Å²) in [7, 11) is 0. The number of ether oxygens (including phenoxy) is 1. The van der Waals surface area contributed by atoms with E-state index in [2.05, 4.69) is 24.4 Å². The number of carbonyl (C=O) groups is 1. The highest BCUT2D eigenvalue weighted by Gasteiger charge is 2.36. The molecule has 0 saturated carbocycles. The topological polar surface area (TPSA) is 67.7 Å². The van der Waals surface area contributed by atoms with Gasteiger partial charge in [-0.1, -0.05) is 57.6 Å². The Morgan fingerprint density at radius 3 is 2.62 bits per heavy atom. The predicted molar refractivity (Wildman–Crippen MR) is 110 cm³/mol. The standard InChI is InChI=1S/C22H42N2O2/c1-3-4-11-14-20-21(26-20)15-12-9-7-5-6-8-10-13-16-22(25)24-18-17-19(2)23/h9,12,19-21H,3-8,10-11,13-18,23H2,1-2H3,(H,24,25). The highest BCUT2D eigenvalue weighted by molar-refractivity contribution is 5.75. The maximum absolute atomic E-state index is 11.6. The SMILES string of the molecule is CCCCCC1OC1CC=CCCCCCCCC(=O)NCCC(C)N. The molecule has 0 aliphatic carbocycles. The Morgan fingerprint density at radius 2 is 1.85 bits per heavy atom. The number of hydrogen-bond acceptors (Lipinski definition) is 3. The molecule has 4 nitrogen and oxygen atoms in total. The van der Waals surface area contributed by atoms with Crippen molar-refractivity contribution in [2.45, 2.75) is 116 Å². The van der Waals surface area contributed by atoms with E-state index in [-0.39, 0.29) is 11.9 Å². The number of nitrogens with two attached hydrogens (primary N) is 1. The summed E-state index contributed by atoms with van der Waals surface area (Å²) in [6.07, 6.45) is 20.5. The summed E-state index contributed by atoms with van der Waals surface area (Å²) in [5, 5.41) is 2.93. The molecule has 0 aromatic carbocycles. The summed E-state index contributed by atoms with van der Waals surface area (Å²) in [4.78, 5) is 11.6. The van der Waals surface area contributed by atoms with E-state index >= 15 is 0 Å². The van der Waals surface area contributed by atoms with Gasteiger partial charge in [-0.2, -0.15) is 0 Å². The molecule has 0 aromatic heterocycles. The van der Waals surface area contributed by atoms with Crippen LogP contribution in [0.4, 0.5) is 0 Å². The van der Waals surface area contributed by atoms with Crippen LogP contribution < -0.4 is 11.1 Å². The fourth-order valence-electron chi connectivity index (χ4n) is 3.19. The maximum Gasteiger partial charge on any atom is 0.219 e. The zero-order valence-corrected chi connectivity index (χ0v) is 17.2. The van der Waals surface area contributed by atoms with Crippen LogP contribution in [0.15, 0.2) is 12.2 Å². The van der Waals surface area contributed by atoms with Crippen LogP contribution in [0, 0.1) is 0 Å². The Morgan fingerprint density at radius 1 is 1.08 bits per heavy atom. The summed E-state index contributed by atoms with van der Waals surface area (Å²) in [5.74, 6) is 0.170. The number of amides is 1. The molecule has 1 saturated heterocycles. The van der Waals surface area contributed by atoms with Crippen LogP contribution in [-0.4, -0.2) is 30.7 Å². The van der Waals surface area contributed by atoms with Crippen molar-refractivity contribution in [3.8, 4) is 0 Å². The second-order valence-corrected chi connectivity index (χ2v) is 7.84. The third kappa shape index (κ3) is 13.3. The molecule has 4 heteroatoms. The van der Waals surface area contributed by atoms with E-state index in [9.17, 15) is 4.79 Å². The Hall–Kier alpha value is -0.870. The normalized spacial score (nSPS) is 20.4. The second-order valence-electron chi connectivity index (χ2n) is 7.84. The Kier molecular flexibility index (Phi) is 13.6. The highest BCUT2D eigenvalue weighted by atomic mass is 16.6. The molecular formula is C22H42N2O2. The van der Waals surface area contributed by atoms with E-state index in [1.807, 2.05) is 6.92 Å². The van der Waals surface area contributed by atoms with Crippen LogP contribution in [0.2, 0.25) is 0 Å². The van der Waals surface area contributed by atoms with Gasteiger partial charge in [0.1, 0.15) is 0 Å². The molecule has 0 bridgehead atoms. The first-order chi connectivity index (χ1) is 12.6. The van der Waals surface area contributed by atoms with Crippen molar-refractivity contribution >= 4 is 5.91 Å². The number of carbonyl (C=O) groups excluding carboxylic acids is 1. The first-order valence-corrected chi connectivity index (χ1v) is 11.0. The molecule has 152 valence electrons. The van der Waals surface area contributed by atoms with Crippen LogP contribution in [0.3, 0.4) is 0 Å². The number of epoxide rings is 1. The molecule has 0 radical (unpaired) electrons. The summed E-state index contributed by atoms with van der Waals surface area (Å²) in [5.41, 5.74) is 5.66. The molecule has 3 unspecified atom stereocenters. The molecule has 3 N–H and O–H groups in total. The van der Waals surface area contributed by atoms with E-state index in [0.717, 1.165) is 25.7 Å². The predicted octanol–water partition coefficient (Wildman–Crippen LogP) is 4.86. The molecule has 0 aromatic rings. The summed E-state index contributed by atoms with van der Waals surface area (Å²) >= 11 is 0. The average Bonchev–Trinajstić information content (AvgIpc) is 3.34. The fraction of sp³-hybridized carbons (Fsp3) is 0.864. The van der Waals surface area contributed by atoms with E-state index in [1.165, 1.54) is 51.4 Å². The molecule has 0 spiro atoms. The van der Waals surface area contributed by atoms with Crippen molar-refractivity contribution in [2.75, 3.05) is 6.54 Å². The second kappa shape index (κ2) is 15.2. The smallest absolute Gasteiger partial charge is 0.219 e. The molecule has 3 atom stereocenters. The van der Waals surface area contributed by atoms with Gasteiger partial charge in [0.2, 0.25) is 5.91 Å². The van der Waals surface area contributed by atoms with Gasteiger partial charge in [0.25, 0.3) is 0 Å². The van der Waals surface area contributed by atoms with Gasteiger partial charge < -0.3 is 15.8 Å². The summed E-state index contributed by atoms with van der Waals surface area (Å²) in [6.45, 7) is 4.91. The monoisotopic (exact) mass is 366 g/mol. The third-order valence-corrected chi connectivity index (χ3v) is 5.01. The number of allylic oxidation sites excluding steroid dienone is 1. The molecule has 1 rings (SSSR count). The Bertz CT molecular complexity index is 382. The van der Waals surface area contributed by atoms with Gasteiger partial charge in [-0.25, -0.2) is 0 Å². The lowest BCUT2D eigenvalue weighted by Gasteiger charge is -2.07. The number of rotatable bonds is 17. The largest absolute Gasteiger partial charge is 0.369 e. The minimum absolute atomic E-state index is 0.161. The lowest BCUT2D eigenvalue weighted by Crippen LogP contribution is -2.28. The van der Waals surface area contributed by atoms with Crippen molar-refractivity contribution in [3.63, 3.8) is 0 Å². The summed E-state index contributed by atoms with van der Waals surface area (Å²) < 4.78 is 5.70. The third-order valence-electron chi connectivity index (χ3n) is 5.01. The van der Waals surface area contributed by atoms with Crippen molar-refractivity contribution in [1.29, 1.82) is 0 Å². The molecule has 26 heavy (non-hydrogen) atoms. The van der Waals surface area contributed by atoms with Crippen LogP contribution >= 0.6 is 0 Å². The summed E-state index contributed by atoms with van der Waals surface area (Å²) in [6, 6.07) is 0.161. The van der Waals surface area contributed by atoms with Crippen LogP contribution in [-0.2, 0) is 9.53 Å². The molecule has 1 amide bonds.